The van der Waals surface area contributed by atoms with Gasteiger partial charge in [-0.25, -0.2) is 4.79 Å². The van der Waals surface area contributed by atoms with Gasteiger partial charge in [0.15, 0.2) is 0 Å². The summed E-state index contributed by atoms with van der Waals surface area (Å²) < 4.78 is 2.07. The summed E-state index contributed by atoms with van der Waals surface area (Å²) in [7, 11) is 0. The molecule has 0 saturated heterocycles. The first-order valence-corrected chi connectivity index (χ1v) is 13.4. The summed E-state index contributed by atoms with van der Waals surface area (Å²) in [5.74, 6) is -1.77. The number of rotatable bonds is 11. The monoisotopic (exact) mass is 538 g/mol. The van der Waals surface area contributed by atoms with Gasteiger partial charge in [0.1, 0.15) is 0 Å². The van der Waals surface area contributed by atoms with Crippen LogP contribution >= 0.6 is 0 Å². The fourth-order valence-corrected chi connectivity index (χ4v) is 4.76. The zero-order chi connectivity index (χ0) is 28.6. The number of carbonyl (C=O) groups is 3. The number of nitrogens with zero attached hydrogens (tertiary/aromatic N) is 1. The molecule has 0 aliphatic rings. The molecule has 40 heavy (non-hydrogen) atoms. The summed E-state index contributed by atoms with van der Waals surface area (Å²) in [5, 5.41) is 15.4. The minimum atomic E-state index is -1.09. The third-order valence-corrected chi connectivity index (χ3v) is 6.53. The first-order chi connectivity index (χ1) is 19.3. The lowest BCUT2D eigenvalue weighted by molar-refractivity contribution is -0.116. The van der Waals surface area contributed by atoms with Crippen LogP contribution in [0.2, 0.25) is 0 Å². The second-order valence-electron chi connectivity index (χ2n) is 9.78. The second kappa shape index (κ2) is 12.9. The fourth-order valence-electron chi connectivity index (χ4n) is 4.76. The summed E-state index contributed by atoms with van der Waals surface area (Å²) >= 11 is 0. The predicted molar refractivity (Wildman–Crippen MR) is 159 cm³/mol. The quantitative estimate of drug-likeness (QED) is 0.164. The third kappa shape index (κ3) is 6.30. The molecule has 8 heteroatoms. The van der Waals surface area contributed by atoms with Gasteiger partial charge < -0.3 is 26.0 Å². The van der Waals surface area contributed by atoms with Crippen molar-refractivity contribution >= 4 is 29.2 Å². The molecule has 1 heterocycles. The van der Waals surface area contributed by atoms with Gasteiger partial charge in [-0.2, -0.15) is 0 Å². The van der Waals surface area contributed by atoms with Crippen molar-refractivity contribution < 1.29 is 19.5 Å². The average Bonchev–Trinajstić information content (AvgIpc) is 3.29. The number of benzene rings is 3. The number of aromatic carboxylic acids is 1. The van der Waals surface area contributed by atoms with E-state index in [4.69, 9.17) is 5.73 Å². The number of aromatic nitrogens is 1. The van der Waals surface area contributed by atoms with Crippen molar-refractivity contribution in [1.29, 1.82) is 0 Å². The van der Waals surface area contributed by atoms with Crippen LogP contribution in [-0.2, 0) is 4.79 Å². The summed E-state index contributed by atoms with van der Waals surface area (Å²) in [5.41, 5.74) is 9.74. The molecule has 206 valence electrons. The van der Waals surface area contributed by atoms with Crippen LogP contribution in [0.5, 0.6) is 0 Å². The Morgan fingerprint density at radius 3 is 2.02 bits per heavy atom. The number of nitrogens with two attached hydrogens (primary N) is 1. The molecule has 4 aromatic rings. The van der Waals surface area contributed by atoms with Crippen molar-refractivity contribution in [2.45, 2.75) is 39.2 Å². The van der Waals surface area contributed by atoms with Gasteiger partial charge in [-0.3, -0.25) is 9.59 Å². The first kappa shape index (κ1) is 28.3. The number of anilines is 2. The summed E-state index contributed by atoms with van der Waals surface area (Å²) in [4.78, 5) is 38.9. The maximum Gasteiger partial charge on any atom is 0.335 e. The van der Waals surface area contributed by atoms with E-state index in [0.29, 0.717) is 47.7 Å². The SMILES string of the molecule is CC(C)n1c(-c2ccccc2)c(NC(=O)CCCCN)c(C(=O)Nc2cccc(C(=O)O)c2)c1-c1ccccc1. The molecule has 0 saturated carbocycles. The molecule has 0 bridgehead atoms. The third-order valence-electron chi connectivity index (χ3n) is 6.53. The molecular weight excluding hydrogens is 504 g/mol. The second-order valence-corrected chi connectivity index (χ2v) is 9.78. The van der Waals surface area contributed by atoms with Crippen LogP contribution in [0.15, 0.2) is 84.9 Å². The minimum Gasteiger partial charge on any atom is -0.478 e. The minimum absolute atomic E-state index is 0.0548. The topological polar surface area (TPSA) is 126 Å². The number of hydrogen-bond donors (Lipinski definition) is 4. The fraction of sp³-hybridized carbons (Fsp3) is 0.219. The van der Waals surface area contributed by atoms with Crippen molar-refractivity contribution in [2.24, 2.45) is 5.73 Å². The Bertz CT molecular complexity index is 1490. The smallest absolute Gasteiger partial charge is 0.335 e. The van der Waals surface area contributed by atoms with Crippen LogP contribution < -0.4 is 16.4 Å². The van der Waals surface area contributed by atoms with Gasteiger partial charge in [-0.1, -0.05) is 66.7 Å². The van der Waals surface area contributed by atoms with Crippen LogP contribution in [0.1, 0.15) is 59.9 Å². The largest absolute Gasteiger partial charge is 0.478 e. The van der Waals surface area contributed by atoms with Crippen LogP contribution in [0.3, 0.4) is 0 Å². The van der Waals surface area contributed by atoms with Crippen LogP contribution in [-0.4, -0.2) is 34.0 Å². The maximum absolute atomic E-state index is 14.1. The molecule has 5 N–H and O–H groups in total. The molecule has 1 aromatic heterocycles. The highest BCUT2D eigenvalue weighted by Crippen LogP contribution is 2.43. The zero-order valence-electron chi connectivity index (χ0n) is 22.7. The molecule has 0 fully saturated rings. The molecule has 0 aliphatic heterocycles. The maximum atomic E-state index is 14.1. The van der Waals surface area contributed by atoms with E-state index < -0.39 is 11.9 Å². The lowest BCUT2D eigenvalue weighted by Gasteiger charge is -2.18. The molecule has 0 radical (unpaired) electrons. The van der Waals surface area contributed by atoms with E-state index in [9.17, 15) is 19.5 Å². The molecule has 0 aliphatic carbocycles. The van der Waals surface area contributed by atoms with Crippen molar-refractivity contribution in [1.82, 2.24) is 4.57 Å². The van der Waals surface area contributed by atoms with Crippen LogP contribution in [0.25, 0.3) is 22.5 Å². The Morgan fingerprint density at radius 2 is 1.45 bits per heavy atom. The molecule has 2 amide bonds. The number of amides is 2. The van der Waals surface area contributed by atoms with Crippen molar-refractivity contribution in [3.05, 3.63) is 96.1 Å². The number of unbranched alkanes of at least 4 members (excludes halogenated alkanes) is 1. The highest BCUT2D eigenvalue weighted by atomic mass is 16.4. The van der Waals surface area contributed by atoms with E-state index >= 15 is 0 Å². The standard InChI is InChI=1S/C32H34N4O4/c1-21(2)36-29(22-12-5-3-6-13-22)27(31(38)34-25-17-11-16-24(20-25)32(39)40)28(35-26(37)18-9-10-19-33)30(36)23-14-7-4-8-15-23/h3-8,11-17,20-21H,9-10,18-19,33H2,1-2H3,(H,34,38)(H,35,37)(H,39,40). The van der Waals surface area contributed by atoms with E-state index in [1.807, 2.05) is 74.5 Å². The van der Waals surface area contributed by atoms with Gasteiger partial charge in [-0.05, 0) is 57.0 Å². The van der Waals surface area contributed by atoms with E-state index in [2.05, 4.69) is 15.2 Å². The molecule has 0 atom stereocenters. The van der Waals surface area contributed by atoms with Gasteiger partial charge in [0.2, 0.25) is 5.91 Å². The highest BCUT2D eigenvalue weighted by molar-refractivity contribution is 6.17. The lowest BCUT2D eigenvalue weighted by atomic mass is 10.0. The number of hydrogen-bond acceptors (Lipinski definition) is 4. The number of carboxylic acid groups (broad SMARTS) is 1. The Hall–Kier alpha value is -4.69. The molecule has 8 nitrogen and oxygen atoms in total. The molecule has 0 spiro atoms. The van der Waals surface area contributed by atoms with Crippen LogP contribution in [0.4, 0.5) is 11.4 Å². The van der Waals surface area contributed by atoms with Crippen molar-refractivity contribution in [3.63, 3.8) is 0 Å². The van der Waals surface area contributed by atoms with Crippen LogP contribution in [0, 0.1) is 0 Å². The Balaban J connectivity index is 1.96. The van der Waals surface area contributed by atoms with Gasteiger partial charge in [0.25, 0.3) is 5.91 Å². The summed E-state index contributed by atoms with van der Waals surface area (Å²) in [6.45, 7) is 4.56. The van der Waals surface area contributed by atoms with E-state index in [0.717, 1.165) is 11.1 Å². The Morgan fingerprint density at radius 1 is 0.825 bits per heavy atom. The number of carbonyl (C=O) groups excluding carboxylic acids is 2. The summed E-state index contributed by atoms with van der Waals surface area (Å²) in [6, 6.07) is 25.2. The average molecular weight is 539 g/mol. The van der Waals surface area contributed by atoms with Crippen molar-refractivity contribution in [3.8, 4) is 22.5 Å². The van der Waals surface area contributed by atoms with Crippen molar-refractivity contribution in [2.75, 3.05) is 17.2 Å². The Kier molecular flexibility index (Phi) is 9.14. The molecule has 0 unspecified atom stereocenters. The van der Waals surface area contributed by atoms with E-state index in [1.54, 1.807) is 12.1 Å². The highest BCUT2D eigenvalue weighted by Gasteiger charge is 2.31. The van der Waals surface area contributed by atoms with E-state index in [1.165, 1.54) is 12.1 Å². The predicted octanol–water partition coefficient (Wildman–Crippen LogP) is 6.42. The Labute approximate surface area is 233 Å². The van der Waals surface area contributed by atoms with Gasteiger partial charge in [-0.15, -0.1) is 0 Å². The zero-order valence-corrected chi connectivity index (χ0v) is 22.7. The first-order valence-electron chi connectivity index (χ1n) is 13.4. The molecule has 4 rings (SSSR count). The summed E-state index contributed by atoms with van der Waals surface area (Å²) in [6.07, 6.45) is 1.61. The van der Waals surface area contributed by atoms with Gasteiger partial charge >= 0.3 is 5.97 Å². The number of carboxylic acids is 1. The normalized spacial score (nSPS) is 10.9. The van der Waals surface area contributed by atoms with Gasteiger partial charge in [0.05, 0.1) is 28.2 Å². The van der Waals surface area contributed by atoms with Gasteiger partial charge in [0, 0.05) is 23.7 Å². The lowest BCUT2D eigenvalue weighted by Crippen LogP contribution is -2.18. The number of nitrogens with one attached hydrogen (secondary N) is 2. The van der Waals surface area contributed by atoms with E-state index in [-0.39, 0.29) is 23.9 Å². The molecular formula is C32H34N4O4. The molecule has 3 aromatic carbocycles.